The van der Waals surface area contributed by atoms with Gasteiger partial charge in [-0.15, -0.1) is 0 Å². The number of carbonyl (C=O) groups excluding carboxylic acids is 1. The van der Waals surface area contributed by atoms with Crippen molar-refractivity contribution in [1.82, 2.24) is 5.32 Å². The van der Waals surface area contributed by atoms with E-state index < -0.39 is 0 Å². The van der Waals surface area contributed by atoms with Gasteiger partial charge in [-0.05, 0) is 49.0 Å². The molecular weight excluding hydrogens is 268 g/mol. The van der Waals surface area contributed by atoms with E-state index in [0.29, 0.717) is 0 Å². The van der Waals surface area contributed by atoms with Crippen LogP contribution in [0.2, 0.25) is 0 Å². The molecule has 2 rings (SSSR count). The van der Waals surface area contributed by atoms with Crippen molar-refractivity contribution in [3.63, 3.8) is 0 Å². The maximum Gasteiger partial charge on any atom is 0.221 e. The topological polar surface area (TPSA) is 41.1 Å². The molecule has 0 heterocycles. The normalized spacial score (nSPS) is 10.3. The first-order valence-electron chi connectivity index (χ1n) is 6.46. The summed E-state index contributed by atoms with van der Waals surface area (Å²) in [7, 11) is 1.94. The van der Waals surface area contributed by atoms with Crippen molar-refractivity contribution in [1.29, 1.82) is 0 Å². The van der Waals surface area contributed by atoms with Crippen molar-refractivity contribution in [3.05, 3.63) is 54.1 Å². The molecule has 0 aliphatic rings. The monoisotopic (exact) mass is 286 g/mol. The molecule has 0 bridgehead atoms. The number of carbonyl (C=O) groups is 1. The minimum Gasteiger partial charge on any atom is -0.326 e. The maximum absolute atomic E-state index is 11.0. The summed E-state index contributed by atoms with van der Waals surface area (Å²) in [4.78, 5) is 13.3. The molecular formula is C16H18N2OS. The second-order valence-corrected chi connectivity index (χ2v) is 5.63. The lowest BCUT2D eigenvalue weighted by molar-refractivity contribution is -0.114. The van der Waals surface area contributed by atoms with Crippen LogP contribution < -0.4 is 10.6 Å². The molecule has 3 nitrogen and oxygen atoms in total. The first kappa shape index (κ1) is 14.6. The van der Waals surface area contributed by atoms with Gasteiger partial charge in [0.1, 0.15) is 0 Å². The molecule has 0 aliphatic heterocycles. The third kappa shape index (κ3) is 4.40. The van der Waals surface area contributed by atoms with Crippen molar-refractivity contribution in [2.24, 2.45) is 0 Å². The Morgan fingerprint density at radius 1 is 1.00 bits per heavy atom. The standard InChI is InChI=1S/C16H18N2OS/c1-12(19)18-14-5-9-16(10-6-14)20-15-7-3-13(4-8-15)11-17-2/h3-10,17H,11H2,1-2H3,(H,18,19). The number of benzene rings is 2. The Hall–Kier alpha value is -1.78. The van der Waals surface area contributed by atoms with Crippen LogP contribution in [-0.2, 0) is 11.3 Å². The number of rotatable bonds is 5. The average Bonchev–Trinajstić information content (AvgIpc) is 2.43. The first-order chi connectivity index (χ1) is 9.67. The second-order valence-electron chi connectivity index (χ2n) is 4.48. The van der Waals surface area contributed by atoms with Crippen molar-refractivity contribution in [2.45, 2.75) is 23.3 Å². The zero-order valence-corrected chi connectivity index (χ0v) is 12.5. The zero-order chi connectivity index (χ0) is 14.4. The van der Waals surface area contributed by atoms with E-state index in [2.05, 4.69) is 34.9 Å². The van der Waals surface area contributed by atoms with Crippen LogP contribution in [0.1, 0.15) is 12.5 Å². The van der Waals surface area contributed by atoms with E-state index >= 15 is 0 Å². The highest BCUT2D eigenvalue weighted by Gasteiger charge is 2.00. The molecule has 0 spiro atoms. The first-order valence-corrected chi connectivity index (χ1v) is 7.28. The van der Waals surface area contributed by atoms with E-state index in [1.54, 1.807) is 11.8 Å². The van der Waals surface area contributed by atoms with Gasteiger partial charge in [0.15, 0.2) is 0 Å². The molecule has 2 aromatic rings. The summed E-state index contributed by atoms with van der Waals surface area (Å²) in [6.07, 6.45) is 0. The van der Waals surface area contributed by atoms with Crippen molar-refractivity contribution < 1.29 is 4.79 Å². The summed E-state index contributed by atoms with van der Waals surface area (Å²) < 4.78 is 0. The summed E-state index contributed by atoms with van der Waals surface area (Å²) >= 11 is 1.71. The maximum atomic E-state index is 11.0. The fourth-order valence-electron chi connectivity index (χ4n) is 1.83. The Bertz CT molecular complexity index is 564. The summed E-state index contributed by atoms with van der Waals surface area (Å²) in [5.74, 6) is -0.0504. The molecule has 0 aliphatic carbocycles. The van der Waals surface area contributed by atoms with Crippen LogP contribution in [0.3, 0.4) is 0 Å². The van der Waals surface area contributed by atoms with Gasteiger partial charge in [0.2, 0.25) is 5.91 Å². The number of hydrogen-bond donors (Lipinski definition) is 2. The van der Waals surface area contributed by atoms with Crippen LogP contribution in [0.25, 0.3) is 0 Å². The Morgan fingerprint density at radius 2 is 1.55 bits per heavy atom. The van der Waals surface area contributed by atoms with Crippen LogP contribution in [0.5, 0.6) is 0 Å². The molecule has 20 heavy (non-hydrogen) atoms. The lowest BCUT2D eigenvalue weighted by atomic mass is 10.2. The largest absolute Gasteiger partial charge is 0.326 e. The van der Waals surface area contributed by atoms with Crippen LogP contribution >= 0.6 is 11.8 Å². The van der Waals surface area contributed by atoms with Gasteiger partial charge >= 0.3 is 0 Å². The fourth-order valence-corrected chi connectivity index (χ4v) is 2.64. The molecule has 0 unspecified atom stereocenters. The van der Waals surface area contributed by atoms with Crippen molar-refractivity contribution in [3.8, 4) is 0 Å². The smallest absolute Gasteiger partial charge is 0.221 e. The van der Waals surface area contributed by atoms with E-state index in [1.165, 1.54) is 17.4 Å². The SMILES string of the molecule is CNCc1ccc(Sc2ccc(NC(C)=O)cc2)cc1. The Balaban J connectivity index is 2.00. The highest BCUT2D eigenvalue weighted by molar-refractivity contribution is 7.99. The van der Waals surface area contributed by atoms with Crippen molar-refractivity contribution >= 4 is 23.4 Å². The summed E-state index contributed by atoms with van der Waals surface area (Å²) in [5, 5.41) is 5.90. The number of anilines is 1. The minimum atomic E-state index is -0.0504. The van der Waals surface area contributed by atoms with Gasteiger partial charge in [-0.2, -0.15) is 0 Å². The van der Waals surface area contributed by atoms with Crippen LogP contribution in [-0.4, -0.2) is 13.0 Å². The molecule has 0 saturated heterocycles. The molecule has 2 N–H and O–H groups in total. The van der Waals surface area contributed by atoms with Gasteiger partial charge in [0.05, 0.1) is 0 Å². The third-order valence-electron chi connectivity index (χ3n) is 2.71. The number of amides is 1. The molecule has 104 valence electrons. The molecule has 0 atom stereocenters. The molecule has 0 fully saturated rings. The summed E-state index contributed by atoms with van der Waals surface area (Å²) in [6, 6.07) is 16.4. The molecule has 4 heteroatoms. The van der Waals surface area contributed by atoms with Crippen LogP contribution in [0.4, 0.5) is 5.69 Å². The highest BCUT2D eigenvalue weighted by atomic mass is 32.2. The second kappa shape index (κ2) is 7.12. The van der Waals surface area contributed by atoms with Gasteiger partial charge in [-0.1, -0.05) is 23.9 Å². The van der Waals surface area contributed by atoms with Crippen LogP contribution in [0.15, 0.2) is 58.3 Å². The van der Waals surface area contributed by atoms with Gasteiger partial charge in [-0.3, -0.25) is 4.79 Å². The van der Waals surface area contributed by atoms with Gasteiger partial charge in [0.25, 0.3) is 0 Å². The average molecular weight is 286 g/mol. The number of hydrogen-bond acceptors (Lipinski definition) is 3. The molecule has 0 radical (unpaired) electrons. The fraction of sp³-hybridized carbons (Fsp3) is 0.188. The van der Waals surface area contributed by atoms with E-state index in [1.807, 2.05) is 31.3 Å². The van der Waals surface area contributed by atoms with Gasteiger partial charge in [-0.25, -0.2) is 0 Å². The van der Waals surface area contributed by atoms with E-state index in [4.69, 9.17) is 0 Å². The Morgan fingerprint density at radius 3 is 2.05 bits per heavy atom. The third-order valence-corrected chi connectivity index (χ3v) is 3.73. The van der Waals surface area contributed by atoms with Gasteiger partial charge in [0, 0.05) is 28.9 Å². The lowest BCUT2D eigenvalue weighted by Gasteiger charge is -2.06. The Kier molecular flexibility index (Phi) is 5.21. The lowest BCUT2D eigenvalue weighted by Crippen LogP contribution is -2.05. The predicted molar refractivity (Wildman–Crippen MR) is 84.1 cm³/mol. The van der Waals surface area contributed by atoms with Crippen molar-refractivity contribution in [2.75, 3.05) is 12.4 Å². The highest BCUT2D eigenvalue weighted by Crippen LogP contribution is 2.28. The molecule has 0 saturated carbocycles. The molecule has 1 amide bonds. The van der Waals surface area contributed by atoms with Gasteiger partial charge < -0.3 is 10.6 Å². The minimum absolute atomic E-state index is 0.0504. The Labute approximate surface area is 123 Å². The van der Waals surface area contributed by atoms with E-state index in [9.17, 15) is 4.79 Å². The number of nitrogens with one attached hydrogen (secondary N) is 2. The summed E-state index contributed by atoms with van der Waals surface area (Å²) in [6.45, 7) is 2.39. The summed E-state index contributed by atoms with van der Waals surface area (Å²) in [5.41, 5.74) is 2.10. The predicted octanol–water partition coefficient (Wildman–Crippen LogP) is 3.52. The molecule has 2 aromatic carbocycles. The van der Waals surface area contributed by atoms with E-state index in [0.717, 1.165) is 17.1 Å². The molecule has 0 aromatic heterocycles. The zero-order valence-electron chi connectivity index (χ0n) is 11.6. The van der Waals surface area contributed by atoms with E-state index in [-0.39, 0.29) is 5.91 Å². The van der Waals surface area contributed by atoms with Crippen LogP contribution in [0, 0.1) is 0 Å². The quantitative estimate of drug-likeness (QED) is 0.883.